The summed E-state index contributed by atoms with van der Waals surface area (Å²) in [5.41, 5.74) is 0.673. The molecule has 0 unspecified atom stereocenters. The molecule has 3 saturated carbocycles. The molecule has 6 heteroatoms. The van der Waals surface area contributed by atoms with Crippen LogP contribution in [-0.2, 0) is 9.59 Å². The molecule has 0 spiro atoms. The van der Waals surface area contributed by atoms with E-state index in [2.05, 4.69) is 25.2 Å². The van der Waals surface area contributed by atoms with Gasteiger partial charge in [-0.15, -0.1) is 0 Å². The Bertz CT molecular complexity index is 994. The zero-order chi connectivity index (χ0) is 22.8. The number of rotatable bonds is 2. The number of nitrogens with one attached hydrogen (secondary N) is 1. The Labute approximate surface area is 200 Å². The molecule has 1 aliphatic heterocycles. The summed E-state index contributed by atoms with van der Waals surface area (Å²) in [7, 11) is 1.96. The van der Waals surface area contributed by atoms with E-state index >= 15 is 0 Å². The van der Waals surface area contributed by atoms with Crippen LogP contribution in [0.3, 0.4) is 0 Å². The van der Waals surface area contributed by atoms with Gasteiger partial charge in [0.2, 0.25) is 11.8 Å². The van der Waals surface area contributed by atoms with Gasteiger partial charge in [-0.05, 0) is 86.0 Å². The van der Waals surface area contributed by atoms with Gasteiger partial charge >= 0.3 is 0 Å². The van der Waals surface area contributed by atoms with Gasteiger partial charge in [0.05, 0.1) is 10.7 Å². The first-order chi connectivity index (χ1) is 15.1. The van der Waals surface area contributed by atoms with Crippen molar-refractivity contribution >= 4 is 40.7 Å². The van der Waals surface area contributed by atoms with Crippen LogP contribution < -0.4 is 5.32 Å². The Morgan fingerprint density at radius 2 is 1.88 bits per heavy atom. The van der Waals surface area contributed by atoms with Crippen molar-refractivity contribution in [2.24, 2.45) is 34.5 Å². The Balaban J connectivity index is 1.38. The fourth-order valence-electron chi connectivity index (χ4n) is 7.98. The molecule has 2 amide bonds. The van der Waals surface area contributed by atoms with Gasteiger partial charge in [-0.25, -0.2) is 0 Å². The highest BCUT2D eigenvalue weighted by atomic mass is 35.5. The van der Waals surface area contributed by atoms with Gasteiger partial charge < -0.3 is 10.2 Å². The number of fused-ring (bicyclic) bond motifs is 5. The average Bonchev–Trinajstić information content (AvgIpc) is 3.10. The monoisotopic (exact) mass is 474 g/mol. The van der Waals surface area contributed by atoms with Gasteiger partial charge in [-0.3, -0.25) is 9.59 Å². The molecule has 1 aromatic rings. The largest absolute Gasteiger partial charge is 0.338 e. The van der Waals surface area contributed by atoms with Gasteiger partial charge in [-0.2, -0.15) is 0 Å². The highest BCUT2D eigenvalue weighted by molar-refractivity contribution is 6.36. The van der Waals surface area contributed by atoms with E-state index in [4.69, 9.17) is 23.2 Å². The fourth-order valence-corrected chi connectivity index (χ4v) is 8.44. The minimum Gasteiger partial charge on any atom is -0.338 e. The third-order valence-electron chi connectivity index (χ3n) is 9.63. The van der Waals surface area contributed by atoms with Crippen molar-refractivity contribution in [2.75, 3.05) is 12.4 Å². The Morgan fingerprint density at radius 1 is 1.09 bits per heavy atom. The molecule has 4 aliphatic rings. The summed E-state index contributed by atoms with van der Waals surface area (Å²) in [6, 6.07) is 5.50. The van der Waals surface area contributed by atoms with Crippen molar-refractivity contribution in [1.29, 1.82) is 0 Å². The number of anilines is 1. The van der Waals surface area contributed by atoms with Crippen molar-refractivity contribution < 1.29 is 9.59 Å². The quantitative estimate of drug-likeness (QED) is 0.555. The first-order valence-electron chi connectivity index (χ1n) is 11.9. The number of halogens is 2. The number of nitrogens with zero attached hydrogens (tertiary/aromatic N) is 1. The molecule has 0 aromatic heterocycles. The second kappa shape index (κ2) is 7.77. The van der Waals surface area contributed by atoms with Crippen LogP contribution in [0.25, 0.3) is 0 Å². The minimum absolute atomic E-state index is 0.00289. The summed E-state index contributed by atoms with van der Waals surface area (Å²) in [6.07, 6.45) is 10.4. The third kappa shape index (κ3) is 3.24. The number of likely N-dealkylation sites (N-methyl/N-ethyl adjacent to an activating group) is 1. The molecule has 1 N–H and O–H groups in total. The minimum atomic E-state index is -0.00289. The van der Waals surface area contributed by atoms with Crippen LogP contribution >= 0.6 is 23.2 Å². The Morgan fingerprint density at radius 3 is 2.62 bits per heavy atom. The predicted molar refractivity (Wildman–Crippen MR) is 129 cm³/mol. The average molecular weight is 475 g/mol. The third-order valence-corrected chi connectivity index (χ3v) is 10.2. The number of carbonyl (C=O) groups is 2. The number of hydrogen-bond acceptors (Lipinski definition) is 2. The molecule has 172 valence electrons. The summed E-state index contributed by atoms with van der Waals surface area (Å²) < 4.78 is 0. The maximum atomic E-state index is 13.4. The molecule has 4 nitrogen and oxygen atoms in total. The molecular weight excluding hydrogens is 443 g/mol. The van der Waals surface area contributed by atoms with Crippen LogP contribution in [0.5, 0.6) is 0 Å². The van der Waals surface area contributed by atoms with Crippen LogP contribution in [0.2, 0.25) is 10.0 Å². The van der Waals surface area contributed by atoms with Crippen molar-refractivity contribution in [3.63, 3.8) is 0 Å². The van der Waals surface area contributed by atoms with E-state index in [1.807, 2.05) is 11.9 Å². The lowest BCUT2D eigenvalue weighted by molar-refractivity contribution is -0.141. The lowest BCUT2D eigenvalue weighted by Crippen LogP contribution is -2.59. The van der Waals surface area contributed by atoms with E-state index in [-0.39, 0.29) is 34.6 Å². The second-order valence-electron chi connectivity index (χ2n) is 10.9. The number of carbonyl (C=O) groups excluding carboxylic acids is 2. The van der Waals surface area contributed by atoms with Crippen LogP contribution in [-0.4, -0.2) is 29.8 Å². The van der Waals surface area contributed by atoms with E-state index in [1.54, 1.807) is 24.3 Å². The Kier molecular flexibility index (Phi) is 5.41. The maximum Gasteiger partial charge on any atom is 0.246 e. The lowest BCUT2D eigenvalue weighted by atomic mass is 9.47. The Hall–Kier alpha value is -1.52. The molecule has 0 bridgehead atoms. The van der Waals surface area contributed by atoms with Crippen LogP contribution in [0, 0.1) is 34.5 Å². The molecular formula is C26H32Cl2N2O2. The molecule has 1 heterocycles. The highest BCUT2D eigenvalue weighted by Crippen LogP contribution is 2.65. The van der Waals surface area contributed by atoms with Crippen molar-refractivity contribution in [3.05, 3.63) is 40.4 Å². The summed E-state index contributed by atoms with van der Waals surface area (Å²) in [6.45, 7) is 4.70. The van der Waals surface area contributed by atoms with E-state index in [9.17, 15) is 9.59 Å². The molecule has 32 heavy (non-hydrogen) atoms. The molecule has 7 atom stereocenters. The van der Waals surface area contributed by atoms with Gasteiger partial charge in [0.15, 0.2) is 0 Å². The van der Waals surface area contributed by atoms with Crippen molar-refractivity contribution in [2.45, 2.75) is 58.4 Å². The molecule has 0 saturated heterocycles. The number of benzene rings is 1. The number of hydrogen-bond donors (Lipinski definition) is 1. The van der Waals surface area contributed by atoms with Crippen LogP contribution in [0.1, 0.15) is 52.4 Å². The SMILES string of the molecule is CN1C(=O)C=C[C@]2(C)[C@H]3CC[C@]4(C)[C@@H](C(=O)Nc5ccc(Cl)cc5Cl)CC[C@H]4[C@@H]3CC[C@@H]12. The van der Waals surface area contributed by atoms with E-state index in [1.165, 1.54) is 0 Å². The standard InChI is InChI=1S/C26H32Cl2N2O2/c1-25-12-10-18-16(5-9-22-26(18,2)13-11-23(31)30(22)3)17(25)6-7-19(25)24(32)29-21-8-4-15(27)14-20(21)28/h4,8,11,13-14,16-19,22H,5-7,9-10,12H2,1-3H3,(H,29,32)/t16-,17-,18-,19+,22+,25-,26+/m0/s1. The summed E-state index contributed by atoms with van der Waals surface area (Å²) >= 11 is 12.3. The van der Waals surface area contributed by atoms with Gasteiger partial charge in [0.1, 0.15) is 0 Å². The van der Waals surface area contributed by atoms with E-state index < -0.39 is 0 Å². The zero-order valence-corrected chi connectivity index (χ0v) is 20.5. The summed E-state index contributed by atoms with van der Waals surface area (Å²) in [4.78, 5) is 27.6. The van der Waals surface area contributed by atoms with Crippen LogP contribution in [0.15, 0.2) is 30.4 Å². The van der Waals surface area contributed by atoms with Gasteiger partial charge in [0.25, 0.3) is 0 Å². The van der Waals surface area contributed by atoms with Crippen molar-refractivity contribution in [3.8, 4) is 0 Å². The van der Waals surface area contributed by atoms with Gasteiger partial charge in [-0.1, -0.05) is 43.1 Å². The van der Waals surface area contributed by atoms with E-state index in [0.29, 0.717) is 33.5 Å². The molecule has 3 aliphatic carbocycles. The summed E-state index contributed by atoms with van der Waals surface area (Å²) in [5, 5.41) is 4.13. The highest BCUT2D eigenvalue weighted by Gasteiger charge is 2.61. The molecule has 0 radical (unpaired) electrons. The first kappa shape index (κ1) is 22.3. The van der Waals surface area contributed by atoms with E-state index in [0.717, 1.165) is 38.5 Å². The van der Waals surface area contributed by atoms with Gasteiger partial charge in [0, 0.05) is 29.4 Å². The normalized spacial score (nSPS) is 40.5. The molecule has 3 fully saturated rings. The number of amides is 2. The smallest absolute Gasteiger partial charge is 0.246 e. The predicted octanol–water partition coefficient (Wildman–Crippen LogP) is 6.19. The fraction of sp³-hybridized carbons (Fsp3) is 0.615. The second-order valence-corrected chi connectivity index (χ2v) is 11.7. The first-order valence-corrected chi connectivity index (χ1v) is 12.6. The summed E-state index contributed by atoms with van der Waals surface area (Å²) in [5.74, 6) is 1.94. The lowest BCUT2D eigenvalue weighted by Gasteiger charge is -2.60. The van der Waals surface area contributed by atoms with Crippen LogP contribution in [0.4, 0.5) is 5.69 Å². The van der Waals surface area contributed by atoms with Crippen molar-refractivity contribution in [1.82, 2.24) is 4.90 Å². The zero-order valence-electron chi connectivity index (χ0n) is 19.0. The maximum absolute atomic E-state index is 13.4. The molecule has 5 rings (SSSR count). The topological polar surface area (TPSA) is 49.4 Å². The molecule has 1 aromatic carbocycles.